The molecule has 1 heterocycles. The Morgan fingerprint density at radius 1 is 0.938 bits per heavy atom. The number of urea groups is 1. The van der Waals surface area contributed by atoms with Gasteiger partial charge in [0.15, 0.2) is 11.5 Å². The molecular weight excluding hydrogens is 413 g/mol. The van der Waals surface area contributed by atoms with E-state index in [9.17, 15) is 9.18 Å². The number of fused-ring (bicyclic) bond motifs is 3. The average molecular weight is 437 g/mol. The zero-order valence-electron chi connectivity index (χ0n) is 18.5. The van der Waals surface area contributed by atoms with Crippen molar-refractivity contribution < 1.29 is 23.4 Å². The van der Waals surface area contributed by atoms with Crippen molar-refractivity contribution in [1.29, 1.82) is 0 Å². The Balaban J connectivity index is 1.68. The van der Waals surface area contributed by atoms with Gasteiger partial charge in [-0.15, -0.1) is 0 Å². The molecule has 2 amide bonds. The summed E-state index contributed by atoms with van der Waals surface area (Å²) in [6, 6.07) is 9.38. The molecular formula is C24H24FN3O4. The first-order valence-electron chi connectivity index (χ1n) is 9.95. The Morgan fingerprint density at radius 3 is 2.25 bits per heavy atom. The van der Waals surface area contributed by atoms with Gasteiger partial charge in [-0.1, -0.05) is 0 Å². The lowest BCUT2D eigenvalue weighted by molar-refractivity contribution is 0.262. The number of carbonyl (C=O) groups is 1. The summed E-state index contributed by atoms with van der Waals surface area (Å²) in [5, 5.41) is 7.34. The molecule has 0 saturated carbocycles. The second-order valence-electron chi connectivity index (χ2n) is 7.42. The lowest BCUT2D eigenvalue weighted by Crippen LogP contribution is -2.20. The van der Waals surface area contributed by atoms with Gasteiger partial charge in [0.05, 0.1) is 27.0 Å². The number of amides is 2. The van der Waals surface area contributed by atoms with E-state index >= 15 is 0 Å². The number of carbonyl (C=O) groups excluding carboxylic acids is 1. The minimum atomic E-state index is -0.438. The maximum absolute atomic E-state index is 13.9. The van der Waals surface area contributed by atoms with E-state index < -0.39 is 6.03 Å². The van der Waals surface area contributed by atoms with Crippen molar-refractivity contribution in [3.05, 3.63) is 53.3 Å². The van der Waals surface area contributed by atoms with Gasteiger partial charge < -0.3 is 29.8 Å². The Labute approximate surface area is 184 Å². The highest BCUT2D eigenvalue weighted by molar-refractivity contribution is 6.13. The standard InChI is InChI=1S/C24H24FN3O4/c1-12-8-18(13(2)21-16-9-14(25)6-7-17(16)27-22(12)21)28-24(29)26-15-10-19(30-3)23(32-5)20(11-15)31-4/h6-11,27H,1-5H3,(H2,26,28,29). The first-order valence-corrected chi connectivity index (χ1v) is 9.95. The van der Waals surface area contributed by atoms with E-state index in [1.807, 2.05) is 19.9 Å². The maximum Gasteiger partial charge on any atom is 0.323 e. The first-order chi connectivity index (χ1) is 15.4. The third-order valence-corrected chi connectivity index (χ3v) is 5.47. The SMILES string of the molecule is COc1cc(NC(=O)Nc2cc(C)c3[nH]c4ccc(F)cc4c3c2C)cc(OC)c1OC. The van der Waals surface area contributed by atoms with Crippen LogP contribution in [0.3, 0.4) is 0 Å². The summed E-state index contributed by atoms with van der Waals surface area (Å²) in [4.78, 5) is 16.1. The van der Waals surface area contributed by atoms with Gasteiger partial charge >= 0.3 is 6.03 Å². The number of halogens is 1. The van der Waals surface area contributed by atoms with Crippen LogP contribution in [0.1, 0.15) is 11.1 Å². The van der Waals surface area contributed by atoms with Gasteiger partial charge in [-0.25, -0.2) is 9.18 Å². The monoisotopic (exact) mass is 437 g/mol. The minimum Gasteiger partial charge on any atom is -0.493 e. The van der Waals surface area contributed by atoms with E-state index in [-0.39, 0.29) is 5.82 Å². The number of hydrogen-bond donors (Lipinski definition) is 3. The third-order valence-electron chi connectivity index (χ3n) is 5.47. The van der Waals surface area contributed by atoms with Gasteiger partial charge in [0.2, 0.25) is 5.75 Å². The summed E-state index contributed by atoms with van der Waals surface area (Å²) in [6.45, 7) is 3.84. The summed E-state index contributed by atoms with van der Waals surface area (Å²) in [7, 11) is 4.52. The Hall–Kier alpha value is -3.94. The molecule has 3 N–H and O–H groups in total. The molecule has 0 radical (unpaired) electrons. The number of ether oxygens (including phenoxy) is 3. The molecule has 0 atom stereocenters. The molecule has 0 spiro atoms. The van der Waals surface area contributed by atoms with Crippen LogP contribution in [-0.4, -0.2) is 32.3 Å². The molecule has 0 unspecified atom stereocenters. The molecule has 0 bridgehead atoms. The summed E-state index contributed by atoms with van der Waals surface area (Å²) in [5.74, 6) is 0.978. The number of anilines is 2. The number of aryl methyl sites for hydroxylation is 2. The molecule has 166 valence electrons. The highest BCUT2D eigenvalue weighted by Crippen LogP contribution is 2.40. The molecule has 3 aromatic carbocycles. The zero-order valence-corrected chi connectivity index (χ0v) is 18.5. The minimum absolute atomic E-state index is 0.311. The molecule has 1 aromatic heterocycles. The van der Waals surface area contributed by atoms with Gasteiger partial charge in [0.25, 0.3) is 0 Å². The van der Waals surface area contributed by atoms with Gasteiger partial charge in [0.1, 0.15) is 5.82 Å². The van der Waals surface area contributed by atoms with Gasteiger partial charge in [-0.3, -0.25) is 0 Å². The second kappa shape index (κ2) is 8.30. The van der Waals surface area contributed by atoms with Gasteiger partial charge in [-0.2, -0.15) is 0 Å². The predicted molar refractivity (Wildman–Crippen MR) is 124 cm³/mol. The summed E-state index contributed by atoms with van der Waals surface area (Å²) < 4.78 is 29.9. The van der Waals surface area contributed by atoms with E-state index in [0.29, 0.717) is 28.6 Å². The summed E-state index contributed by atoms with van der Waals surface area (Å²) in [5.41, 5.74) is 4.63. The lowest BCUT2D eigenvalue weighted by atomic mass is 10.0. The molecule has 0 saturated heterocycles. The number of aromatic nitrogens is 1. The fraction of sp³-hybridized carbons (Fsp3) is 0.208. The molecule has 32 heavy (non-hydrogen) atoms. The van der Waals surface area contributed by atoms with Gasteiger partial charge in [0, 0.05) is 39.6 Å². The zero-order chi connectivity index (χ0) is 23.0. The Bertz CT molecular complexity index is 1320. The molecule has 0 aliphatic rings. The summed E-state index contributed by atoms with van der Waals surface area (Å²) in [6.07, 6.45) is 0. The van der Waals surface area contributed by atoms with Crippen LogP contribution in [0.25, 0.3) is 21.8 Å². The number of H-pyrrole nitrogens is 1. The van der Waals surface area contributed by atoms with Crippen molar-refractivity contribution in [2.24, 2.45) is 0 Å². The molecule has 7 nitrogen and oxygen atoms in total. The summed E-state index contributed by atoms with van der Waals surface area (Å²) >= 11 is 0. The molecule has 0 fully saturated rings. The second-order valence-corrected chi connectivity index (χ2v) is 7.42. The molecule has 0 aliphatic heterocycles. The van der Waals surface area contributed by atoms with Crippen molar-refractivity contribution in [3.8, 4) is 17.2 Å². The molecule has 4 aromatic rings. The highest BCUT2D eigenvalue weighted by Gasteiger charge is 2.17. The average Bonchev–Trinajstić information content (AvgIpc) is 3.15. The van der Waals surface area contributed by atoms with Crippen LogP contribution in [0.15, 0.2) is 36.4 Å². The number of aromatic amines is 1. The van der Waals surface area contributed by atoms with E-state index in [4.69, 9.17) is 14.2 Å². The van der Waals surface area contributed by atoms with E-state index in [0.717, 1.165) is 32.9 Å². The van der Waals surface area contributed by atoms with Crippen LogP contribution in [0.5, 0.6) is 17.2 Å². The molecule has 0 aliphatic carbocycles. The normalized spacial score (nSPS) is 10.9. The van der Waals surface area contributed by atoms with Crippen molar-refractivity contribution in [3.63, 3.8) is 0 Å². The van der Waals surface area contributed by atoms with E-state index in [1.54, 1.807) is 18.2 Å². The van der Waals surface area contributed by atoms with Crippen LogP contribution >= 0.6 is 0 Å². The smallest absolute Gasteiger partial charge is 0.323 e. The van der Waals surface area contributed by atoms with Crippen molar-refractivity contribution in [2.45, 2.75) is 13.8 Å². The van der Waals surface area contributed by atoms with Crippen LogP contribution in [0.4, 0.5) is 20.6 Å². The third kappa shape index (κ3) is 3.64. The number of rotatable bonds is 5. The number of hydrogen-bond acceptors (Lipinski definition) is 4. The van der Waals surface area contributed by atoms with Crippen molar-refractivity contribution in [1.82, 2.24) is 4.98 Å². The van der Waals surface area contributed by atoms with Gasteiger partial charge in [-0.05, 0) is 49.2 Å². The Morgan fingerprint density at radius 2 is 1.62 bits per heavy atom. The molecule has 4 rings (SSSR count). The predicted octanol–water partition coefficient (Wildman–Crippen LogP) is 5.75. The topological polar surface area (TPSA) is 84.6 Å². The number of nitrogens with one attached hydrogen (secondary N) is 3. The van der Waals surface area contributed by atoms with E-state index in [2.05, 4.69) is 15.6 Å². The fourth-order valence-corrected chi connectivity index (χ4v) is 3.95. The largest absolute Gasteiger partial charge is 0.493 e. The van der Waals surface area contributed by atoms with Crippen molar-refractivity contribution in [2.75, 3.05) is 32.0 Å². The fourth-order valence-electron chi connectivity index (χ4n) is 3.95. The quantitative estimate of drug-likeness (QED) is 0.371. The van der Waals surface area contributed by atoms with Crippen LogP contribution in [-0.2, 0) is 0 Å². The van der Waals surface area contributed by atoms with Crippen LogP contribution in [0.2, 0.25) is 0 Å². The number of methoxy groups -OCH3 is 3. The molecule has 8 heteroatoms. The highest BCUT2D eigenvalue weighted by atomic mass is 19.1. The van der Waals surface area contributed by atoms with Crippen molar-refractivity contribution >= 4 is 39.2 Å². The Kier molecular flexibility index (Phi) is 5.52. The lowest BCUT2D eigenvalue weighted by Gasteiger charge is -2.16. The maximum atomic E-state index is 13.9. The number of benzene rings is 3. The van der Waals surface area contributed by atoms with Crippen LogP contribution < -0.4 is 24.8 Å². The van der Waals surface area contributed by atoms with Crippen LogP contribution in [0, 0.1) is 19.7 Å². The van der Waals surface area contributed by atoms with E-state index in [1.165, 1.54) is 33.5 Å². The first kappa shape index (κ1) is 21.3.